The van der Waals surface area contributed by atoms with Crippen LogP contribution in [0.1, 0.15) is 25.0 Å². The van der Waals surface area contributed by atoms with Gasteiger partial charge in [0.05, 0.1) is 15.3 Å². The zero-order valence-electron chi connectivity index (χ0n) is 19.5. The van der Waals surface area contributed by atoms with Gasteiger partial charge in [-0.15, -0.1) is 5.10 Å². The summed E-state index contributed by atoms with van der Waals surface area (Å²) >= 11 is 5.94. The lowest BCUT2D eigenvalue weighted by Crippen LogP contribution is -2.41. The van der Waals surface area contributed by atoms with Crippen molar-refractivity contribution >= 4 is 50.0 Å². The zero-order chi connectivity index (χ0) is 26.5. The van der Waals surface area contributed by atoms with Gasteiger partial charge in [0.25, 0.3) is 15.7 Å². The van der Waals surface area contributed by atoms with E-state index < -0.39 is 26.6 Å². The number of nitrogens with zero attached hydrogens (tertiary/aromatic N) is 4. The first-order chi connectivity index (χ1) is 17.5. The van der Waals surface area contributed by atoms with Crippen LogP contribution in [0.3, 0.4) is 0 Å². The fourth-order valence-corrected chi connectivity index (χ4v) is 5.76. The summed E-state index contributed by atoms with van der Waals surface area (Å²) in [6, 6.07) is 18.3. The molecule has 1 aliphatic heterocycles. The van der Waals surface area contributed by atoms with Gasteiger partial charge in [0.15, 0.2) is 0 Å². The maximum atomic E-state index is 13.6. The lowest BCUT2D eigenvalue weighted by atomic mass is 10.0. The highest BCUT2D eigenvalue weighted by Gasteiger charge is 2.47. The predicted molar refractivity (Wildman–Crippen MR) is 137 cm³/mol. The highest BCUT2D eigenvalue weighted by atomic mass is 35.5. The van der Waals surface area contributed by atoms with Crippen molar-refractivity contribution in [2.24, 2.45) is 5.10 Å². The summed E-state index contributed by atoms with van der Waals surface area (Å²) in [7, 11) is -4.16. The number of amides is 1. The van der Waals surface area contributed by atoms with Gasteiger partial charge >= 0.3 is 0 Å². The number of hydrogen-bond acceptors (Lipinski definition) is 7. The van der Waals surface area contributed by atoms with Crippen LogP contribution >= 0.6 is 11.6 Å². The van der Waals surface area contributed by atoms with Crippen molar-refractivity contribution in [1.29, 1.82) is 0 Å². The molecule has 5 rings (SSSR count). The number of hydrazone groups is 1. The Labute approximate surface area is 216 Å². The lowest BCUT2D eigenvalue weighted by molar-refractivity contribution is -0.384. The second-order valence-corrected chi connectivity index (χ2v) is 10.7. The van der Waals surface area contributed by atoms with Gasteiger partial charge in [0.2, 0.25) is 17.5 Å². The number of ether oxygens (including phenoxy) is 1. The molecule has 0 radical (unpaired) electrons. The molecular formula is C25H19ClN4O6S. The Morgan fingerprint density at radius 1 is 1.08 bits per heavy atom. The van der Waals surface area contributed by atoms with Crippen molar-refractivity contribution in [2.45, 2.75) is 24.5 Å². The molecule has 1 aliphatic rings. The van der Waals surface area contributed by atoms with Crippen LogP contribution in [0.4, 0.5) is 5.69 Å². The molecule has 0 N–H and O–H groups in total. The number of carbonyl (C=O) groups is 1. The number of halogens is 1. The molecular weight excluding hydrogens is 520 g/mol. The van der Waals surface area contributed by atoms with Gasteiger partial charge in [-0.25, -0.2) is 12.4 Å². The van der Waals surface area contributed by atoms with Crippen LogP contribution in [0.2, 0.25) is 5.02 Å². The molecule has 2 heterocycles. The first-order valence-electron chi connectivity index (χ1n) is 11.0. The molecule has 37 heavy (non-hydrogen) atoms. The number of non-ortho nitro benzene ring substituents is 1. The first kappa shape index (κ1) is 24.5. The van der Waals surface area contributed by atoms with E-state index in [1.54, 1.807) is 31.2 Å². The Bertz CT molecular complexity index is 1700. The van der Waals surface area contributed by atoms with Gasteiger partial charge in [-0.3, -0.25) is 14.9 Å². The van der Waals surface area contributed by atoms with Crippen molar-refractivity contribution in [2.75, 3.05) is 0 Å². The molecule has 12 heteroatoms. The standard InChI is InChI=1S/C25H19ClN4O6S/c1-16(31)29-25(2,36-24(27-29)17-6-4-3-5-7-17)22-15-28(23-13-10-19(30(32)33)14-21(22)23)37(34,35)20-11-8-18(26)9-12-20/h3-15H,1-2H3. The first-order valence-corrected chi connectivity index (χ1v) is 12.8. The molecule has 0 aliphatic carbocycles. The molecule has 188 valence electrons. The van der Waals surface area contributed by atoms with E-state index in [4.69, 9.17) is 16.3 Å². The number of fused-ring (bicyclic) bond motifs is 1. The number of hydrogen-bond donors (Lipinski definition) is 0. The normalized spacial score (nSPS) is 17.5. The molecule has 0 spiro atoms. The third-order valence-corrected chi connectivity index (χ3v) is 7.98. The minimum absolute atomic E-state index is 0.0409. The van der Waals surface area contributed by atoms with Gasteiger partial charge in [-0.2, -0.15) is 5.01 Å². The molecule has 1 amide bonds. The number of carbonyl (C=O) groups excluding carboxylic acids is 1. The van der Waals surface area contributed by atoms with Crippen molar-refractivity contribution in [3.8, 4) is 0 Å². The van der Waals surface area contributed by atoms with Crippen LogP contribution in [0.5, 0.6) is 0 Å². The highest BCUT2D eigenvalue weighted by molar-refractivity contribution is 7.90. The Morgan fingerprint density at radius 2 is 1.76 bits per heavy atom. The summed E-state index contributed by atoms with van der Waals surface area (Å²) in [5.74, 6) is -0.328. The van der Waals surface area contributed by atoms with Crippen LogP contribution in [0.15, 0.2) is 89.0 Å². The Balaban J connectivity index is 1.75. The highest BCUT2D eigenvalue weighted by Crippen LogP contribution is 2.42. The van der Waals surface area contributed by atoms with Gasteiger partial charge in [-0.1, -0.05) is 29.8 Å². The topological polar surface area (TPSA) is 124 Å². The zero-order valence-corrected chi connectivity index (χ0v) is 21.1. The van der Waals surface area contributed by atoms with Gasteiger partial charge < -0.3 is 4.74 Å². The minimum atomic E-state index is -4.16. The van der Waals surface area contributed by atoms with E-state index in [1.165, 1.54) is 55.6 Å². The molecule has 1 atom stereocenters. The van der Waals surface area contributed by atoms with Crippen LogP contribution in [0, 0.1) is 10.1 Å². The Morgan fingerprint density at radius 3 is 2.38 bits per heavy atom. The monoisotopic (exact) mass is 538 g/mol. The summed E-state index contributed by atoms with van der Waals surface area (Å²) in [6.45, 7) is 2.85. The van der Waals surface area contributed by atoms with E-state index in [9.17, 15) is 23.3 Å². The number of rotatable bonds is 5. The van der Waals surface area contributed by atoms with Crippen LogP contribution < -0.4 is 0 Å². The van der Waals surface area contributed by atoms with Crippen LogP contribution in [0.25, 0.3) is 10.9 Å². The lowest BCUT2D eigenvalue weighted by Gasteiger charge is -2.30. The summed E-state index contributed by atoms with van der Waals surface area (Å²) in [4.78, 5) is 23.6. The molecule has 0 bridgehead atoms. The van der Waals surface area contributed by atoms with Gasteiger partial charge in [0, 0.05) is 53.7 Å². The fourth-order valence-electron chi connectivity index (χ4n) is 4.27. The van der Waals surface area contributed by atoms with Gasteiger partial charge in [-0.05, 0) is 42.5 Å². The van der Waals surface area contributed by atoms with E-state index in [1.807, 2.05) is 6.07 Å². The quantitative estimate of drug-likeness (QED) is 0.264. The third-order valence-electron chi connectivity index (χ3n) is 6.04. The molecule has 1 unspecified atom stereocenters. The maximum Gasteiger partial charge on any atom is 0.270 e. The van der Waals surface area contributed by atoms with E-state index in [-0.39, 0.29) is 32.9 Å². The summed E-state index contributed by atoms with van der Waals surface area (Å²) in [5, 5.41) is 17.6. The van der Waals surface area contributed by atoms with E-state index >= 15 is 0 Å². The summed E-state index contributed by atoms with van der Waals surface area (Å²) in [5.41, 5.74) is -0.896. The molecule has 0 fully saturated rings. The molecule has 10 nitrogen and oxygen atoms in total. The number of aromatic nitrogens is 1. The van der Waals surface area contributed by atoms with E-state index in [0.717, 1.165) is 8.98 Å². The average Bonchev–Trinajstić information content (AvgIpc) is 3.44. The molecule has 0 saturated carbocycles. The molecule has 3 aromatic carbocycles. The third kappa shape index (κ3) is 4.02. The Hall–Kier alpha value is -4.22. The summed E-state index contributed by atoms with van der Waals surface area (Å²) in [6.07, 6.45) is 1.30. The maximum absolute atomic E-state index is 13.6. The number of benzene rings is 3. The molecule has 0 saturated heterocycles. The van der Waals surface area contributed by atoms with E-state index in [2.05, 4.69) is 5.10 Å². The SMILES string of the molecule is CC(=O)N1N=C(c2ccccc2)OC1(C)c1cn(S(=O)(=O)c2ccc(Cl)cc2)c2ccc([N+](=O)[O-])cc12. The van der Waals surface area contributed by atoms with Crippen molar-refractivity contribution < 1.29 is 22.9 Å². The van der Waals surface area contributed by atoms with Crippen molar-refractivity contribution in [3.63, 3.8) is 0 Å². The predicted octanol–water partition coefficient (Wildman–Crippen LogP) is 4.85. The fraction of sp³-hybridized carbons (Fsp3) is 0.120. The van der Waals surface area contributed by atoms with Crippen molar-refractivity contribution in [1.82, 2.24) is 8.98 Å². The second-order valence-electron chi connectivity index (χ2n) is 8.44. The van der Waals surface area contributed by atoms with Crippen LogP contribution in [-0.2, 0) is 25.3 Å². The number of nitro groups is 1. The Kier molecular flexibility index (Phi) is 5.76. The van der Waals surface area contributed by atoms with Gasteiger partial charge in [0.1, 0.15) is 0 Å². The average molecular weight is 539 g/mol. The molecule has 1 aromatic heterocycles. The smallest absolute Gasteiger partial charge is 0.270 e. The van der Waals surface area contributed by atoms with Crippen LogP contribution in [-0.4, -0.2) is 34.1 Å². The number of nitro benzene ring substituents is 1. The minimum Gasteiger partial charge on any atom is -0.443 e. The largest absolute Gasteiger partial charge is 0.443 e. The molecule has 4 aromatic rings. The second kappa shape index (κ2) is 8.71. The van der Waals surface area contributed by atoms with Crippen molar-refractivity contribution in [3.05, 3.63) is 105 Å². The van der Waals surface area contributed by atoms with E-state index in [0.29, 0.717) is 10.6 Å². The summed E-state index contributed by atoms with van der Waals surface area (Å²) < 4.78 is 34.5.